The van der Waals surface area contributed by atoms with Crippen LogP contribution in [0.5, 0.6) is 0 Å². The normalized spacial score (nSPS) is 20.1. The van der Waals surface area contributed by atoms with Gasteiger partial charge in [-0.3, -0.25) is 4.79 Å². The van der Waals surface area contributed by atoms with E-state index in [0.717, 1.165) is 25.8 Å². The van der Waals surface area contributed by atoms with E-state index in [1.54, 1.807) is 0 Å². The van der Waals surface area contributed by atoms with Gasteiger partial charge >= 0.3 is 0 Å². The number of carbonyl (C=O) groups is 1. The zero-order chi connectivity index (χ0) is 12.1. The van der Waals surface area contributed by atoms with Gasteiger partial charge < -0.3 is 5.32 Å². The molecule has 1 N–H and O–H groups in total. The second-order valence-electron chi connectivity index (χ2n) is 4.83. The average Bonchev–Trinajstić information content (AvgIpc) is 2.38. The fraction of sp³-hybridized carbons (Fsp3) is 0.533. The van der Waals surface area contributed by atoms with Gasteiger partial charge in [0.1, 0.15) is 0 Å². The van der Waals surface area contributed by atoms with Crippen LogP contribution in [0.4, 0.5) is 0 Å². The Hall–Kier alpha value is -1.31. The fourth-order valence-electron chi connectivity index (χ4n) is 2.39. The minimum atomic E-state index is 0.0731. The van der Waals surface area contributed by atoms with Crippen molar-refractivity contribution in [2.45, 2.75) is 44.9 Å². The molecule has 17 heavy (non-hydrogen) atoms. The zero-order valence-corrected chi connectivity index (χ0v) is 10.5. The van der Waals surface area contributed by atoms with Crippen molar-refractivity contribution in [3.63, 3.8) is 0 Å². The number of carbonyl (C=O) groups excluding carboxylic acids is 1. The standard InChI is InChI=1S/C15H21NO/c1-2-3-5-12-7-9-13(10-8-12)14-6-4-11-16-15(14)17/h7-10,14H,2-6,11H2,1H3,(H,16,17). The van der Waals surface area contributed by atoms with Crippen molar-refractivity contribution in [2.24, 2.45) is 0 Å². The Morgan fingerprint density at radius 3 is 2.71 bits per heavy atom. The van der Waals surface area contributed by atoms with E-state index in [9.17, 15) is 4.79 Å². The summed E-state index contributed by atoms with van der Waals surface area (Å²) in [6.45, 7) is 3.05. The lowest BCUT2D eigenvalue weighted by atomic mass is 9.90. The molecule has 2 rings (SSSR count). The number of aryl methyl sites for hydroxylation is 1. The topological polar surface area (TPSA) is 29.1 Å². The van der Waals surface area contributed by atoms with Crippen LogP contribution < -0.4 is 5.32 Å². The predicted octanol–water partition coefficient (Wildman–Crippen LogP) is 3.02. The highest BCUT2D eigenvalue weighted by Gasteiger charge is 2.23. The molecular formula is C15H21NO. The lowest BCUT2D eigenvalue weighted by Gasteiger charge is -2.22. The maximum Gasteiger partial charge on any atom is 0.227 e. The summed E-state index contributed by atoms with van der Waals surface area (Å²) in [5.74, 6) is 0.265. The predicted molar refractivity (Wildman–Crippen MR) is 70.0 cm³/mol. The smallest absolute Gasteiger partial charge is 0.227 e. The van der Waals surface area contributed by atoms with Gasteiger partial charge in [-0.15, -0.1) is 0 Å². The average molecular weight is 231 g/mol. The van der Waals surface area contributed by atoms with E-state index in [0.29, 0.717) is 0 Å². The number of piperidine rings is 1. The molecule has 0 bridgehead atoms. The molecule has 92 valence electrons. The van der Waals surface area contributed by atoms with E-state index >= 15 is 0 Å². The first kappa shape index (κ1) is 12.2. The van der Waals surface area contributed by atoms with Crippen LogP contribution in [-0.4, -0.2) is 12.5 Å². The Morgan fingerprint density at radius 1 is 1.29 bits per heavy atom. The molecule has 0 aromatic heterocycles. The largest absolute Gasteiger partial charge is 0.356 e. The van der Waals surface area contributed by atoms with E-state index < -0.39 is 0 Å². The number of rotatable bonds is 4. The molecule has 1 heterocycles. The Bertz CT molecular complexity index is 369. The van der Waals surface area contributed by atoms with Crippen LogP contribution in [-0.2, 0) is 11.2 Å². The fourth-order valence-corrected chi connectivity index (χ4v) is 2.39. The second kappa shape index (κ2) is 5.85. The van der Waals surface area contributed by atoms with E-state index in [1.807, 2.05) is 0 Å². The Morgan fingerprint density at radius 2 is 2.06 bits per heavy atom. The van der Waals surface area contributed by atoms with Crippen molar-refractivity contribution in [2.75, 3.05) is 6.54 Å². The third kappa shape index (κ3) is 3.09. The molecule has 1 aromatic carbocycles. The first-order chi connectivity index (χ1) is 8.31. The SMILES string of the molecule is CCCCc1ccc(C2CCCNC2=O)cc1. The Kier molecular flexibility index (Phi) is 4.18. The molecule has 1 aromatic rings. The highest BCUT2D eigenvalue weighted by atomic mass is 16.1. The molecule has 1 amide bonds. The van der Waals surface area contributed by atoms with E-state index in [2.05, 4.69) is 36.5 Å². The molecule has 1 aliphatic heterocycles. The number of hydrogen-bond acceptors (Lipinski definition) is 1. The lowest BCUT2D eigenvalue weighted by molar-refractivity contribution is -0.123. The van der Waals surface area contributed by atoms with Crippen molar-refractivity contribution in [1.29, 1.82) is 0 Å². The van der Waals surface area contributed by atoms with Gasteiger partial charge in [-0.1, -0.05) is 37.6 Å². The summed E-state index contributed by atoms with van der Waals surface area (Å²) in [7, 11) is 0. The lowest BCUT2D eigenvalue weighted by Crippen LogP contribution is -2.34. The summed E-state index contributed by atoms with van der Waals surface area (Å²) in [5, 5.41) is 2.94. The van der Waals surface area contributed by atoms with Crippen LogP contribution >= 0.6 is 0 Å². The summed E-state index contributed by atoms with van der Waals surface area (Å²) in [4.78, 5) is 11.7. The zero-order valence-electron chi connectivity index (χ0n) is 10.5. The number of hydrogen-bond donors (Lipinski definition) is 1. The number of unbranched alkanes of at least 4 members (excludes halogenated alkanes) is 1. The van der Waals surface area contributed by atoms with E-state index in [-0.39, 0.29) is 11.8 Å². The van der Waals surface area contributed by atoms with Crippen molar-refractivity contribution in [3.8, 4) is 0 Å². The second-order valence-corrected chi connectivity index (χ2v) is 4.83. The molecule has 1 fully saturated rings. The van der Waals surface area contributed by atoms with Gasteiger partial charge in [0.25, 0.3) is 0 Å². The maximum absolute atomic E-state index is 11.7. The third-order valence-electron chi connectivity index (χ3n) is 3.49. The molecule has 1 unspecified atom stereocenters. The van der Waals surface area contributed by atoms with Crippen LogP contribution in [0.25, 0.3) is 0 Å². The molecule has 1 aliphatic rings. The summed E-state index contributed by atoms with van der Waals surface area (Å²) >= 11 is 0. The minimum Gasteiger partial charge on any atom is -0.356 e. The monoisotopic (exact) mass is 231 g/mol. The molecule has 0 saturated carbocycles. The van der Waals surface area contributed by atoms with E-state index in [4.69, 9.17) is 0 Å². The molecule has 2 nitrogen and oxygen atoms in total. The molecular weight excluding hydrogens is 210 g/mol. The van der Waals surface area contributed by atoms with Gasteiger partial charge in [0, 0.05) is 6.54 Å². The first-order valence-electron chi connectivity index (χ1n) is 6.68. The number of amides is 1. The third-order valence-corrected chi connectivity index (χ3v) is 3.49. The summed E-state index contributed by atoms with van der Waals surface area (Å²) < 4.78 is 0. The van der Waals surface area contributed by atoms with Gasteiger partial charge in [0.15, 0.2) is 0 Å². The number of benzene rings is 1. The first-order valence-corrected chi connectivity index (χ1v) is 6.68. The highest BCUT2D eigenvalue weighted by Crippen LogP contribution is 2.24. The summed E-state index contributed by atoms with van der Waals surface area (Å²) in [5.41, 5.74) is 2.55. The van der Waals surface area contributed by atoms with Crippen LogP contribution in [0.1, 0.15) is 49.7 Å². The molecule has 0 spiro atoms. The van der Waals surface area contributed by atoms with Crippen molar-refractivity contribution in [3.05, 3.63) is 35.4 Å². The van der Waals surface area contributed by atoms with Gasteiger partial charge in [-0.05, 0) is 36.8 Å². The summed E-state index contributed by atoms with van der Waals surface area (Å²) in [6, 6.07) is 8.60. The van der Waals surface area contributed by atoms with Crippen LogP contribution in [0.2, 0.25) is 0 Å². The van der Waals surface area contributed by atoms with E-state index in [1.165, 1.54) is 24.0 Å². The molecule has 1 atom stereocenters. The van der Waals surface area contributed by atoms with Crippen LogP contribution in [0, 0.1) is 0 Å². The minimum absolute atomic E-state index is 0.0731. The van der Waals surface area contributed by atoms with Gasteiger partial charge in [-0.25, -0.2) is 0 Å². The molecule has 1 saturated heterocycles. The van der Waals surface area contributed by atoms with Gasteiger partial charge in [0.05, 0.1) is 5.92 Å². The van der Waals surface area contributed by atoms with Gasteiger partial charge in [0.2, 0.25) is 5.91 Å². The van der Waals surface area contributed by atoms with Crippen molar-refractivity contribution in [1.82, 2.24) is 5.32 Å². The van der Waals surface area contributed by atoms with Crippen LogP contribution in [0.3, 0.4) is 0 Å². The molecule has 0 aliphatic carbocycles. The Balaban J connectivity index is 2.03. The summed E-state index contributed by atoms with van der Waals surface area (Å²) in [6.07, 6.45) is 5.69. The van der Waals surface area contributed by atoms with Crippen molar-refractivity contribution < 1.29 is 4.79 Å². The quantitative estimate of drug-likeness (QED) is 0.848. The highest BCUT2D eigenvalue weighted by molar-refractivity contribution is 5.84. The van der Waals surface area contributed by atoms with Crippen molar-refractivity contribution >= 4 is 5.91 Å². The number of nitrogens with one attached hydrogen (secondary N) is 1. The van der Waals surface area contributed by atoms with Crippen LogP contribution in [0.15, 0.2) is 24.3 Å². The molecule has 0 radical (unpaired) electrons. The Labute approximate surface area is 103 Å². The van der Waals surface area contributed by atoms with Gasteiger partial charge in [-0.2, -0.15) is 0 Å². The maximum atomic E-state index is 11.7. The molecule has 2 heteroatoms.